The number of hydrogen-bond acceptors (Lipinski definition) is 5. The van der Waals surface area contributed by atoms with E-state index in [9.17, 15) is 28.1 Å². The number of carbonyl (C=O) groups is 1. The predicted molar refractivity (Wildman–Crippen MR) is 95.2 cm³/mol. The van der Waals surface area contributed by atoms with Gasteiger partial charge in [-0.15, -0.1) is 12.4 Å². The van der Waals surface area contributed by atoms with Crippen LogP contribution in [-0.2, 0) is 11.0 Å². The lowest BCUT2D eigenvalue weighted by Crippen LogP contribution is -2.53. The summed E-state index contributed by atoms with van der Waals surface area (Å²) in [7, 11) is 0. The number of nitro groups is 1. The van der Waals surface area contributed by atoms with Crippen LogP contribution >= 0.6 is 12.4 Å². The van der Waals surface area contributed by atoms with Gasteiger partial charge >= 0.3 is 6.18 Å². The normalized spacial score (nSPS) is 20.3. The van der Waals surface area contributed by atoms with Crippen LogP contribution in [0.5, 0.6) is 0 Å². The minimum absolute atomic E-state index is 0. The number of benzene rings is 1. The molecule has 0 aliphatic carbocycles. The quantitative estimate of drug-likeness (QED) is 0.614. The molecule has 2 saturated heterocycles. The van der Waals surface area contributed by atoms with Crippen LogP contribution in [0, 0.1) is 10.1 Å². The number of piperazine rings is 1. The number of carbonyl (C=O) groups excluding carboxylic acids is 1. The molecule has 11 heteroatoms. The van der Waals surface area contributed by atoms with E-state index in [2.05, 4.69) is 5.32 Å². The maximum Gasteiger partial charge on any atom is 0.416 e. The topological polar surface area (TPSA) is 78.7 Å². The van der Waals surface area contributed by atoms with Gasteiger partial charge in [0.25, 0.3) is 5.69 Å². The average molecular weight is 409 g/mol. The highest BCUT2D eigenvalue weighted by molar-refractivity contribution is 5.85. The van der Waals surface area contributed by atoms with Crippen molar-refractivity contribution in [2.45, 2.75) is 25.1 Å². The number of hydrogen-bond donors (Lipinski definition) is 1. The summed E-state index contributed by atoms with van der Waals surface area (Å²) in [6.45, 7) is 2.26. The van der Waals surface area contributed by atoms with E-state index in [1.54, 1.807) is 9.80 Å². The van der Waals surface area contributed by atoms with Gasteiger partial charge in [-0.3, -0.25) is 14.9 Å². The SMILES string of the molecule is Cl.O=C(C1CCCN1)N1CCN(c2ccc(C(F)(F)F)cc2[N+](=O)[O-])CC1. The van der Waals surface area contributed by atoms with Crippen LogP contribution in [0.4, 0.5) is 24.5 Å². The lowest BCUT2D eigenvalue weighted by molar-refractivity contribution is -0.384. The molecule has 2 fully saturated rings. The summed E-state index contributed by atoms with van der Waals surface area (Å²) in [6.07, 6.45) is -2.89. The molecule has 1 aromatic rings. The van der Waals surface area contributed by atoms with Gasteiger partial charge in [0.15, 0.2) is 0 Å². The molecule has 7 nitrogen and oxygen atoms in total. The Morgan fingerprint density at radius 2 is 1.89 bits per heavy atom. The Labute approximate surface area is 160 Å². The molecule has 2 heterocycles. The summed E-state index contributed by atoms with van der Waals surface area (Å²) in [5.41, 5.74) is -1.47. The fourth-order valence-electron chi connectivity index (χ4n) is 3.40. The first-order valence-corrected chi connectivity index (χ1v) is 8.40. The minimum atomic E-state index is -4.64. The molecule has 2 aliphatic heterocycles. The Kier molecular flexibility index (Phi) is 6.53. The summed E-state index contributed by atoms with van der Waals surface area (Å²) in [5.74, 6) is 0.0177. The summed E-state index contributed by atoms with van der Waals surface area (Å²) >= 11 is 0. The van der Waals surface area contributed by atoms with E-state index in [0.29, 0.717) is 32.2 Å². The molecule has 0 bridgehead atoms. The minimum Gasteiger partial charge on any atom is -0.362 e. The van der Waals surface area contributed by atoms with Gasteiger partial charge in [-0.2, -0.15) is 13.2 Å². The van der Waals surface area contributed by atoms with Crippen LogP contribution in [0.25, 0.3) is 0 Å². The lowest BCUT2D eigenvalue weighted by Gasteiger charge is -2.37. The molecule has 27 heavy (non-hydrogen) atoms. The van der Waals surface area contributed by atoms with Crippen molar-refractivity contribution in [1.82, 2.24) is 10.2 Å². The molecular weight excluding hydrogens is 389 g/mol. The van der Waals surface area contributed by atoms with Gasteiger partial charge in [-0.25, -0.2) is 0 Å². The maximum atomic E-state index is 12.8. The van der Waals surface area contributed by atoms with Gasteiger partial charge in [0, 0.05) is 32.2 Å². The lowest BCUT2D eigenvalue weighted by atomic mass is 10.1. The summed E-state index contributed by atoms with van der Waals surface area (Å²) in [4.78, 5) is 26.2. The van der Waals surface area contributed by atoms with Gasteiger partial charge in [0.05, 0.1) is 16.5 Å². The first kappa shape index (κ1) is 21.2. The number of amides is 1. The Hall–Kier alpha value is -2.07. The van der Waals surface area contributed by atoms with Crippen LogP contribution in [-0.4, -0.2) is 54.5 Å². The monoisotopic (exact) mass is 408 g/mol. The molecular formula is C16H20ClF3N4O3. The van der Waals surface area contributed by atoms with Crippen molar-refractivity contribution < 1.29 is 22.9 Å². The highest BCUT2D eigenvalue weighted by Crippen LogP contribution is 2.36. The Morgan fingerprint density at radius 1 is 1.22 bits per heavy atom. The third kappa shape index (κ3) is 4.62. The first-order chi connectivity index (χ1) is 12.3. The van der Waals surface area contributed by atoms with E-state index >= 15 is 0 Å². The number of nitro benzene ring substituents is 1. The molecule has 2 aliphatic rings. The van der Waals surface area contributed by atoms with Crippen molar-refractivity contribution in [1.29, 1.82) is 0 Å². The molecule has 0 spiro atoms. The maximum absolute atomic E-state index is 12.8. The largest absolute Gasteiger partial charge is 0.416 e. The predicted octanol–water partition coefficient (Wildman–Crippen LogP) is 2.44. The van der Waals surface area contributed by atoms with Crippen LogP contribution in [0.3, 0.4) is 0 Å². The van der Waals surface area contributed by atoms with Crippen LogP contribution in [0.1, 0.15) is 18.4 Å². The zero-order valence-electron chi connectivity index (χ0n) is 14.4. The molecule has 3 rings (SSSR count). The fraction of sp³-hybridized carbons (Fsp3) is 0.562. The third-order valence-electron chi connectivity index (χ3n) is 4.79. The second-order valence-electron chi connectivity index (χ2n) is 6.42. The number of anilines is 1. The molecule has 1 unspecified atom stereocenters. The highest BCUT2D eigenvalue weighted by atomic mass is 35.5. The van der Waals surface area contributed by atoms with Gasteiger partial charge < -0.3 is 15.1 Å². The van der Waals surface area contributed by atoms with Crippen LogP contribution < -0.4 is 10.2 Å². The smallest absolute Gasteiger partial charge is 0.362 e. The van der Waals surface area contributed by atoms with Crippen molar-refractivity contribution in [2.75, 3.05) is 37.6 Å². The number of alkyl halides is 3. The molecule has 150 valence electrons. The Bertz CT molecular complexity index is 703. The molecule has 1 amide bonds. The zero-order valence-corrected chi connectivity index (χ0v) is 15.2. The Morgan fingerprint density at radius 3 is 2.41 bits per heavy atom. The molecule has 1 aromatic carbocycles. The molecule has 0 saturated carbocycles. The van der Waals surface area contributed by atoms with E-state index in [4.69, 9.17) is 0 Å². The number of nitrogens with zero attached hydrogens (tertiary/aromatic N) is 3. The van der Waals surface area contributed by atoms with Crippen molar-refractivity contribution in [3.63, 3.8) is 0 Å². The third-order valence-corrected chi connectivity index (χ3v) is 4.79. The molecule has 0 aromatic heterocycles. The first-order valence-electron chi connectivity index (χ1n) is 8.40. The Balaban J connectivity index is 0.00000261. The van der Waals surface area contributed by atoms with E-state index < -0.39 is 22.4 Å². The second kappa shape index (κ2) is 8.30. The van der Waals surface area contributed by atoms with Crippen molar-refractivity contribution in [3.05, 3.63) is 33.9 Å². The van der Waals surface area contributed by atoms with Gasteiger partial charge in [-0.05, 0) is 31.5 Å². The van der Waals surface area contributed by atoms with Crippen LogP contribution in [0.2, 0.25) is 0 Å². The molecule has 1 N–H and O–H groups in total. The summed E-state index contributed by atoms with van der Waals surface area (Å²) < 4.78 is 38.4. The highest BCUT2D eigenvalue weighted by Gasteiger charge is 2.35. The van der Waals surface area contributed by atoms with Gasteiger partial charge in [0.1, 0.15) is 5.69 Å². The van der Waals surface area contributed by atoms with E-state index in [0.717, 1.165) is 31.5 Å². The second-order valence-corrected chi connectivity index (χ2v) is 6.42. The molecule has 1 atom stereocenters. The van der Waals surface area contributed by atoms with E-state index in [1.807, 2.05) is 0 Å². The fourth-order valence-corrected chi connectivity index (χ4v) is 3.40. The van der Waals surface area contributed by atoms with Crippen molar-refractivity contribution >= 4 is 29.7 Å². The van der Waals surface area contributed by atoms with Crippen molar-refractivity contribution in [2.24, 2.45) is 0 Å². The average Bonchev–Trinajstić information content (AvgIpc) is 3.14. The number of rotatable bonds is 3. The molecule has 0 radical (unpaired) electrons. The van der Waals surface area contributed by atoms with Crippen molar-refractivity contribution in [3.8, 4) is 0 Å². The van der Waals surface area contributed by atoms with E-state index in [1.165, 1.54) is 0 Å². The van der Waals surface area contributed by atoms with Gasteiger partial charge in [-0.1, -0.05) is 0 Å². The van der Waals surface area contributed by atoms with Crippen LogP contribution in [0.15, 0.2) is 18.2 Å². The van der Waals surface area contributed by atoms with Gasteiger partial charge in [0.2, 0.25) is 5.91 Å². The standard InChI is InChI=1S/C16H19F3N4O3.ClH/c17-16(18,19)11-3-4-13(14(10-11)23(25)26)21-6-8-22(9-7-21)15(24)12-2-1-5-20-12;/h3-4,10,12,20H,1-2,5-9H2;1H. The number of halogens is 4. The summed E-state index contributed by atoms with van der Waals surface area (Å²) in [6, 6.07) is 2.37. The summed E-state index contributed by atoms with van der Waals surface area (Å²) in [5, 5.41) is 14.4. The van der Waals surface area contributed by atoms with E-state index in [-0.39, 0.29) is 30.0 Å². The zero-order chi connectivity index (χ0) is 18.9. The number of nitrogens with one attached hydrogen (secondary N) is 1.